The van der Waals surface area contributed by atoms with Crippen LogP contribution in [0.3, 0.4) is 0 Å². The van der Waals surface area contributed by atoms with Gasteiger partial charge in [0, 0.05) is 23.2 Å². The molecule has 0 aliphatic heterocycles. The van der Waals surface area contributed by atoms with E-state index in [0.717, 1.165) is 6.42 Å². The highest BCUT2D eigenvalue weighted by Gasteiger charge is 2.16. The average molecular weight is 327 g/mol. The van der Waals surface area contributed by atoms with Crippen molar-refractivity contribution in [3.05, 3.63) is 34.9 Å². The van der Waals surface area contributed by atoms with E-state index >= 15 is 0 Å². The molecule has 0 radical (unpaired) electrons. The summed E-state index contributed by atoms with van der Waals surface area (Å²) in [6.07, 6.45) is 0.277. The monoisotopic (exact) mass is 326 g/mol. The summed E-state index contributed by atoms with van der Waals surface area (Å²) in [6.45, 7) is 6.51. The molecule has 0 heterocycles. The third-order valence-electron chi connectivity index (χ3n) is 2.95. The standard InChI is InChI=1S/C16H23ClN2O3/c1-4-22-16(21)19-14(8-11(2)3)10-18-15(20)12-6-5-7-13(17)9-12/h5-7,9,11,14H,4,8,10H2,1-3H3,(H,18,20)(H,19,21)/t14-/m1/s1. The van der Waals surface area contributed by atoms with E-state index in [1.807, 2.05) is 0 Å². The number of ether oxygens (including phenoxy) is 1. The molecule has 0 spiro atoms. The molecule has 1 rings (SSSR count). The van der Waals surface area contributed by atoms with Crippen molar-refractivity contribution in [1.29, 1.82) is 0 Å². The first-order chi connectivity index (χ1) is 10.4. The predicted octanol–water partition coefficient (Wildman–Crippen LogP) is 3.23. The zero-order valence-electron chi connectivity index (χ0n) is 13.2. The highest BCUT2D eigenvalue weighted by atomic mass is 35.5. The second kappa shape index (κ2) is 9.30. The molecule has 0 bridgehead atoms. The molecule has 0 aliphatic rings. The Morgan fingerprint density at radius 2 is 2.05 bits per heavy atom. The van der Waals surface area contributed by atoms with E-state index in [0.29, 0.717) is 29.7 Å². The summed E-state index contributed by atoms with van der Waals surface area (Å²) in [5.41, 5.74) is 0.493. The van der Waals surface area contributed by atoms with Crippen LogP contribution in [0.4, 0.5) is 4.79 Å². The number of carbonyl (C=O) groups is 2. The summed E-state index contributed by atoms with van der Waals surface area (Å²) in [6, 6.07) is 6.55. The van der Waals surface area contributed by atoms with Crippen LogP contribution in [0.15, 0.2) is 24.3 Å². The van der Waals surface area contributed by atoms with E-state index < -0.39 is 6.09 Å². The highest BCUT2D eigenvalue weighted by Crippen LogP contribution is 2.10. The van der Waals surface area contributed by atoms with Gasteiger partial charge in [-0.2, -0.15) is 0 Å². The van der Waals surface area contributed by atoms with Gasteiger partial charge in [-0.15, -0.1) is 0 Å². The van der Waals surface area contributed by atoms with Crippen LogP contribution in [0.25, 0.3) is 0 Å². The van der Waals surface area contributed by atoms with Gasteiger partial charge in [0.05, 0.1) is 6.61 Å². The summed E-state index contributed by atoms with van der Waals surface area (Å²) in [5.74, 6) is 0.164. The molecule has 22 heavy (non-hydrogen) atoms. The minimum absolute atomic E-state index is 0.179. The van der Waals surface area contributed by atoms with Gasteiger partial charge >= 0.3 is 6.09 Å². The van der Waals surface area contributed by atoms with Gasteiger partial charge < -0.3 is 15.4 Å². The lowest BCUT2D eigenvalue weighted by Gasteiger charge is -2.20. The van der Waals surface area contributed by atoms with Crippen LogP contribution < -0.4 is 10.6 Å². The Labute approximate surface area is 136 Å². The maximum Gasteiger partial charge on any atom is 0.407 e. The molecule has 1 atom stereocenters. The van der Waals surface area contributed by atoms with E-state index in [1.54, 1.807) is 31.2 Å². The Morgan fingerprint density at radius 3 is 2.64 bits per heavy atom. The van der Waals surface area contributed by atoms with Gasteiger partial charge in [0.15, 0.2) is 0 Å². The van der Waals surface area contributed by atoms with Crippen molar-refractivity contribution in [3.8, 4) is 0 Å². The highest BCUT2D eigenvalue weighted by molar-refractivity contribution is 6.30. The van der Waals surface area contributed by atoms with Gasteiger partial charge in [-0.05, 0) is 37.5 Å². The number of nitrogens with one attached hydrogen (secondary N) is 2. The van der Waals surface area contributed by atoms with Crippen LogP contribution in [0.2, 0.25) is 5.02 Å². The molecular formula is C16H23ClN2O3. The maximum atomic E-state index is 12.1. The van der Waals surface area contributed by atoms with Gasteiger partial charge in [0.1, 0.15) is 0 Å². The smallest absolute Gasteiger partial charge is 0.407 e. The second-order valence-corrected chi connectivity index (χ2v) is 5.85. The molecule has 6 heteroatoms. The number of benzene rings is 1. The Hall–Kier alpha value is -1.75. The number of halogens is 1. The van der Waals surface area contributed by atoms with Gasteiger partial charge in [-0.25, -0.2) is 4.79 Å². The third kappa shape index (κ3) is 6.80. The molecule has 1 aromatic carbocycles. The molecule has 122 valence electrons. The fourth-order valence-corrected chi connectivity index (χ4v) is 2.24. The topological polar surface area (TPSA) is 67.4 Å². The largest absolute Gasteiger partial charge is 0.450 e. The first-order valence-corrected chi connectivity index (χ1v) is 7.77. The fourth-order valence-electron chi connectivity index (χ4n) is 2.05. The molecule has 2 N–H and O–H groups in total. The number of hydrogen-bond acceptors (Lipinski definition) is 3. The molecule has 0 fully saturated rings. The molecule has 5 nitrogen and oxygen atoms in total. The molecule has 0 aliphatic carbocycles. The number of carbonyl (C=O) groups excluding carboxylic acids is 2. The summed E-state index contributed by atoms with van der Waals surface area (Å²) in [7, 11) is 0. The van der Waals surface area contributed by atoms with Gasteiger partial charge in [0.2, 0.25) is 0 Å². The van der Waals surface area contributed by atoms with E-state index in [1.165, 1.54) is 0 Å². The summed E-state index contributed by atoms with van der Waals surface area (Å²) in [5, 5.41) is 6.09. The zero-order chi connectivity index (χ0) is 16.5. The Balaban J connectivity index is 2.58. The third-order valence-corrected chi connectivity index (χ3v) is 3.18. The van der Waals surface area contributed by atoms with Crippen molar-refractivity contribution in [2.45, 2.75) is 33.2 Å². The molecule has 2 amide bonds. The normalized spacial score (nSPS) is 11.9. The first kappa shape index (κ1) is 18.3. The van der Waals surface area contributed by atoms with Crippen molar-refractivity contribution in [1.82, 2.24) is 10.6 Å². The SMILES string of the molecule is CCOC(=O)N[C@@H](CNC(=O)c1cccc(Cl)c1)CC(C)C. The van der Waals surface area contributed by atoms with Crippen LogP contribution in [0, 0.1) is 5.92 Å². The lowest BCUT2D eigenvalue weighted by atomic mass is 10.0. The molecule has 1 aromatic rings. The molecule has 0 aromatic heterocycles. The van der Waals surface area contributed by atoms with Crippen molar-refractivity contribution in [3.63, 3.8) is 0 Å². The van der Waals surface area contributed by atoms with E-state index in [9.17, 15) is 9.59 Å². The summed E-state index contributed by atoms with van der Waals surface area (Å²) >= 11 is 5.87. The van der Waals surface area contributed by atoms with Crippen molar-refractivity contribution in [2.75, 3.05) is 13.2 Å². The Morgan fingerprint density at radius 1 is 1.32 bits per heavy atom. The Kier molecular flexibility index (Phi) is 7.74. The first-order valence-electron chi connectivity index (χ1n) is 7.39. The fraction of sp³-hybridized carbons (Fsp3) is 0.500. The van der Waals surface area contributed by atoms with Crippen LogP contribution in [-0.4, -0.2) is 31.2 Å². The van der Waals surface area contributed by atoms with E-state index in [-0.39, 0.29) is 11.9 Å². The number of alkyl carbamates (subject to hydrolysis) is 1. The van der Waals surface area contributed by atoms with Crippen LogP contribution in [0.5, 0.6) is 0 Å². The quantitative estimate of drug-likeness (QED) is 0.808. The lowest BCUT2D eigenvalue weighted by molar-refractivity contribution is 0.0944. The van der Waals surface area contributed by atoms with Gasteiger partial charge in [-0.3, -0.25) is 4.79 Å². The summed E-state index contributed by atoms with van der Waals surface area (Å²) < 4.78 is 4.88. The van der Waals surface area contributed by atoms with Gasteiger partial charge in [-0.1, -0.05) is 31.5 Å². The Bertz CT molecular complexity index is 506. The minimum Gasteiger partial charge on any atom is -0.450 e. The van der Waals surface area contributed by atoms with E-state index in [4.69, 9.17) is 16.3 Å². The van der Waals surface area contributed by atoms with Gasteiger partial charge in [0.25, 0.3) is 5.91 Å². The number of rotatable bonds is 7. The summed E-state index contributed by atoms with van der Waals surface area (Å²) in [4.78, 5) is 23.6. The van der Waals surface area contributed by atoms with E-state index in [2.05, 4.69) is 24.5 Å². The van der Waals surface area contributed by atoms with Crippen LogP contribution >= 0.6 is 11.6 Å². The second-order valence-electron chi connectivity index (χ2n) is 5.41. The van der Waals surface area contributed by atoms with Crippen molar-refractivity contribution in [2.24, 2.45) is 5.92 Å². The molecule has 0 unspecified atom stereocenters. The minimum atomic E-state index is -0.467. The number of hydrogen-bond donors (Lipinski definition) is 2. The van der Waals surface area contributed by atoms with Crippen molar-refractivity contribution < 1.29 is 14.3 Å². The van der Waals surface area contributed by atoms with Crippen LogP contribution in [-0.2, 0) is 4.74 Å². The predicted molar refractivity (Wildman–Crippen MR) is 87.2 cm³/mol. The average Bonchev–Trinajstić information content (AvgIpc) is 2.44. The number of amides is 2. The van der Waals surface area contributed by atoms with Crippen LogP contribution in [0.1, 0.15) is 37.6 Å². The molecule has 0 saturated carbocycles. The lowest BCUT2D eigenvalue weighted by Crippen LogP contribution is -2.44. The van der Waals surface area contributed by atoms with Crippen molar-refractivity contribution >= 4 is 23.6 Å². The molecule has 0 saturated heterocycles. The maximum absolute atomic E-state index is 12.1. The zero-order valence-corrected chi connectivity index (χ0v) is 13.9. The molecular weight excluding hydrogens is 304 g/mol.